The predicted octanol–water partition coefficient (Wildman–Crippen LogP) is 5.51. The summed E-state index contributed by atoms with van der Waals surface area (Å²) in [7, 11) is 3.29. The van der Waals surface area contributed by atoms with Crippen LogP contribution in [0.3, 0.4) is 0 Å². The molecule has 1 heterocycles. The van der Waals surface area contributed by atoms with Gasteiger partial charge in [-0.25, -0.2) is 0 Å². The Hall–Kier alpha value is -2.14. The van der Waals surface area contributed by atoms with E-state index in [9.17, 15) is 0 Å². The summed E-state index contributed by atoms with van der Waals surface area (Å²) in [5.74, 6) is 1.47. The van der Waals surface area contributed by atoms with Crippen molar-refractivity contribution >= 4 is 24.2 Å². The lowest BCUT2D eigenvalue weighted by atomic mass is 9.84. The van der Waals surface area contributed by atoms with Crippen LogP contribution in [0, 0.1) is 0 Å². The Labute approximate surface area is 188 Å². The zero-order valence-electron chi connectivity index (χ0n) is 17.2. The van der Waals surface area contributed by atoms with Gasteiger partial charge in [-0.3, -0.25) is 0 Å². The SMILES string of the molecule is COc1cc2c(c(Cl)c1OC)CCNCC2c1ccccc1Cc1ccc(S)cc1. The molecule has 1 N–H and O–H groups in total. The number of hydrogen-bond acceptors (Lipinski definition) is 4. The molecule has 0 amide bonds. The Kier molecular flexibility index (Phi) is 6.57. The van der Waals surface area contributed by atoms with Crippen LogP contribution in [0.25, 0.3) is 0 Å². The van der Waals surface area contributed by atoms with Gasteiger partial charge in [0.15, 0.2) is 11.5 Å². The minimum atomic E-state index is 0.181. The van der Waals surface area contributed by atoms with Crippen LogP contribution in [0.15, 0.2) is 59.5 Å². The number of benzene rings is 3. The molecule has 0 saturated carbocycles. The van der Waals surface area contributed by atoms with Crippen molar-refractivity contribution < 1.29 is 9.47 Å². The third kappa shape index (κ3) is 4.18. The van der Waals surface area contributed by atoms with Crippen LogP contribution >= 0.6 is 24.2 Å². The fourth-order valence-electron chi connectivity index (χ4n) is 4.29. The summed E-state index contributed by atoms with van der Waals surface area (Å²) in [6.45, 7) is 1.73. The molecule has 0 spiro atoms. The van der Waals surface area contributed by atoms with Crippen molar-refractivity contribution in [3.8, 4) is 11.5 Å². The van der Waals surface area contributed by atoms with Gasteiger partial charge >= 0.3 is 0 Å². The molecule has 30 heavy (non-hydrogen) atoms. The van der Waals surface area contributed by atoms with E-state index in [0.29, 0.717) is 16.5 Å². The van der Waals surface area contributed by atoms with Gasteiger partial charge in [-0.05, 0) is 65.4 Å². The number of nitrogens with one attached hydrogen (secondary N) is 1. The molecule has 1 atom stereocenters. The van der Waals surface area contributed by atoms with Crippen LogP contribution < -0.4 is 14.8 Å². The van der Waals surface area contributed by atoms with E-state index in [2.05, 4.69) is 60.4 Å². The molecular formula is C25H26ClNO2S. The first-order valence-electron chi connectivity index (χ1n) is 10.1. The average Bonchev–Trinajstić information content (AvgIpc) is 2.98. The van der Waals surface area contributed by atoms with Crippen LogP contribution in [-0.4, -0.2) is 27.3 Å². The molecular weight excluding hydrogens is 414 g/mol. The second-order valence-electron chi connectivity index (χ2n) is 7.54. The highest BCUT2D eigenvalue weighted by Gasteiger charge is 2.27. The molecule has 0 bridgehead atoms. The number of thiol groups is 1. The van der Waals surface area contributed by atoms with Crippen molar-refractivity contribution in [2.75, 3.05) is 27.3 Å². The number of methoxy groups -OCH3 is 2. The number of rotatable bonds is 5. The first-order valence-corrected chi connectivity index (χ1v) is 10.9. The topological polar surface area (TPSA) is 30.5 Å². The molecule has 3 aromatic rings. The highest BCUT2D eigenvalue weighted by Crippen LogP contribution is 2.44. The minimum Gasteiger partial charge on any atom is -0.493 e. The number of ether oxygens (including phenoxy) is 2. The van der Waals surface area contributed by atoms with E-state index >= 15 is 0 Å². The second kappa shape index (κ2) is 9.34. The fraction of sp³-hybridized carbons (Fsp3) is 0.280. The Bertz CT molecular complexity index is 1040. The molecule has 0 fully saturated rings. The van der Waals surface area contributed by atoms with Crippen molar-refractivity contribution in [1.82, 2.24) is 5.32 Å². The maximum absolute atomic E-state index is 6.78. The Morgan fingerprint density at radius 3 is 2.53 bits per heavy atom. The number of halogens is 1. The summed E-state index contributed by atoms with van der Waals surface area (Å²) in [4.78, 5) is 0.976. The lowest BCUT2D eigenvalue weighted by molar-refractivity contribution is 0.354. The summed E-state index contributed by atoms with van der Waals surface area (Å²) in [5.41, 5.74) is 6.24. The van der Waals surface area contributed by atoms with E-state index in [0.717, 1.165) is 36.4 Å². The molecule has 4 rings (SSSR count). The predicted molar refractivity (Wildman–Crippen MR) is 126 cm³/mol. The minimum absolute atomic E-state index is 0.181. The fourth-order valence-corrected chi connectivity index (χ4v) is 4.81. The monoisotopic (exact) mass is 439 g/mol. The lowest BCUT2D eigenvalue weighted by Gasteiger charge is -2.24. The standard InChI is InChI=1S/C25H26ClNO2S/c1-28-23-14-21-20(24(26)25(23)29-2)11-12-27-15-22(21)19-6-4-3-5-17(19)13-16-7-9-18(30)10-8-16/h3-10,14,22,27,30H,11-13,15H2,1-2H3. The Morgan fingerprint density at radius 1 is 1.03 bits per heavy atom. The summed E-state index contributed by atoms with van der Waals surface area (Å²) < 4.78 is 11.2. The van der Waals surface area contributed by atoms with Gasteiger partial charge in [0.05, 0.1) is 19.2 Å². The van der Waals surface area contributed by atoms with Crippen LogP contribution in [0.1, 0.15) is 33.7 Å². The van der Waals surface area contributed by atoms with Gasteiger partial charge in [-0.15, -0.1) is 12.6 Å². The van der Waals surface area contributed by atoms with E-state index in [4.69, 9.17) is 21.1 Å². The van der Waals surface area contributed by atoms with Crippen molar-refractivity contribution in [1.29, 1.82) is 0 Å². The van der Waals surface area contributed by atoms with Gasteiger partial charge in [0.25, 0.3) is 0 Å². The third-order valence-corrected chi connectivity index (χ3v) is 6.48. The average molecular weight is 440 g/mol. The van der Waals surface area contributed by atoms with E-state index in [1.165, 1.54) is 22.3 Å². The van der Waals surface area contributed by atoms with E-state index < -0.39 is 0 Å². The summed E-state index contributed by atoms with van der Waals surface area (Å²) >= 11 is 11.2. The Balaban J connectivity index is 1.80. The van der Waals surface area contributed by atoms with Crippen LogP contribution in [0.5, 0.6) is 11.5 Å². The smallest absolute Gasteiger partial charge is 0.179 e. The summed E-state index contributed by atoms with van der Waals surface area (Å²) in [6.07, 6.45) is 1.73. The van der Waals surface area contributed by atoms with Gasteiger partial charge in [-0.1, -0.05) is 48.0 Å². The largest absolute Gasteiger partial charge is 0.493 e. The van der Waals surface area contributed by atoms with Gasteiger partial charge in [0.1, 0.15) is 0 Å². The summed E-state index contributed by atoms with van der Waals surface area (Å²) in [6, 6.07) is 19.1. The molecule has 5 heteroatoms. The van der Waals surface area contributed by atoms with Crippen LogP contribution in [0.4, 0.5) is 0 Å². The molecule has 0 aliphatic carbocycles. The lowest BCUT2D eigenvalue weighted by Crippen LogP contribution is -2.21. The molecule has 0 saturated heterocycles. The first kappa shape index (κ1) is 21.1. The van der Waals surface area contributed by atoms with E-state index in [1.807, 2.05) is 12.1 Å². The van der Waals surface area contributed by atoms with Crippen molar-refractivity contribution in [3.63, 3.8) is 0 Å². The maximum Gasteiger partial charge on any atom is 0.179 e. The van der Waals surface area contributed by atoms with Crippen molar-refractivity contribution in [3.05, 3.63) is 87.4 Å². The molecule has 0 radical (unpaired) electrons. The maximum atomic E-state index is 6.78. The molecule has 1 aliphatic rings. The third-order valence-electron chi connectivity index (χ3n) is 5.78. The van der Waals surface area contributed by atoms with Crippen molar-refractivity contribution in [2.45, 2.75) is 23.7 Å². The van der Waals surface area contributed by atoms with Gasteiger partial charge in [0.2, 0.25) is 0 Å². The van der Waals surface area contributed by atoms with Crippen molar-refractivity contribution in [2.24, 2.45) is 0 Å². The zero-order chi connectivity index (χ0) is 21.1. The first-order chi connectivity index (χ1) is 14.6. The van der Waals surface area contributed by atoms with E-state index in [-0.39, 0.29) is 5.92 Å². The molecule has 3 aromatic carbocycles. The molecule has 1 unspecified atom stereocenters. The molecule has 156 valence electrons. The Morgan fingerprint density at radius 2 is 1.80 bits per heavy atom. The summed E-state index contributed by atoms with van der Waals surface area (Å²) in [5, 5.41) is 4.25. The molecule has 1 aliphatic heterocycles. The van der Waals surface area contributed by atoms with Gasteiger partial charge in [-0.2, -0.15) is 0 Å². The molecule has 3 nitrogen and oxygen atoms in total. The number of fused-ring (bicyclic) bond motifs is 1. The normalized spacial score (nSPS) is 15.9. The van der Waals surface area contributed by atoms with Gasteiger partial charge in [0, 0.05) is 17.4 Å². The highest BCUT2D eigenvalue weighted by atomic mass is 35.5. The van der Waals surface area contributed by atoms with Gasteiger partial charge < -0.3 is 14.8 Å². The van der Waals surface area contributed by atoms with Crippen LogP contribution in [-0.2, 0) is 12.8 Å². The zero-order valence-corrected chi connectivity index (χ0v) is 18.9. The molecule has 0 aromatic heterocycles. The van der Waals surface area contributed by atoms with E-state index in [1.54, 1.807) is 14.2 Å². The number of hydrogen-bond donors (Lipinski definition) is 2. The van der Waals surface area contributed by atoms with Crippen LogP contribution in [0.2, 0.25) is 5.02 Å². The second-order valence-corrected chi connectivity index (χ2v) is 8.44. The highest BCUT2D eigenvalue weighted by molar-refractivity contribution is 7.80. The quantitative estimate of drug-likeness (QED) is 0.513.